The van der Waals surface area contributed by atoms with Crippen molar-refractivity contribution in [3.8, 4) is 0 Å². The molecule has 0 aliphatic carbocycles. The Morgan fingerprint density at radius 2 is 1.95 bits per heavy atom. The molecule has 1 aromatic carbocycles. The molecular weight excluding hydrogens is 264 g/mol. The average molecular weight is 290 g/mol. The fourth-order valence-electron chi connectivity index (χ4n) is 3.34. The number of thioether (sulfide) groups is 1. The number of piperazine rings is 1. The third-order valence-electron chi connectivity index (χ3n) is 4.90. The highest BCUT2D eigenvalue weighted by molar-refractivity contribution is 7.99. The van der Waals surface area contributed by atoms with E-state index >= 15 is 0 Å². The summed E-state index contributed by atoms with van der Waals surface area (Å²) < 4.78 is 0. The van der Waals surface area contributed by atoms with E-state index in [1.807, 2.05) is 11.8 Å². The van der Waals surface area contributed by atoms with Gasteiger partial charge in [0, 0.05) is 55.3 Å². The van der Waals surface area contributed by atoms with E-state index in [0.717, 1.165) is 12.0 Å². The van der Waals surface area contributed by atoms with Gasteiger partial charge in [-0.1, -0.05) is 25.1 Å². The van der Waals surface area contributed by atoms with Crippen LogP contribution >= 0.6 is 11.8 Å². The zero-order valence-corrected chi connectivity index (χ0v) is 13.5. The fourth-order valence-corrected chi connectivity index (χ4v) is 4.58. The van der Waals surface area contributed by atoms with Gasteiger partial charge in [-0.25, -0.2) is 0 Å². The third kappa shape index (κ3) is 3.05. The summed E-state index contributed by atoms with van der Waals surface area (Å²) in [4.78, 5) is 6.83. The van der Waals surface area contributed by atoms with Crippen LogP contribution in [-0.4, -0.2) is 54.3 Å². The quantitative estimate of drug-likeness (QED) is 0.840. The first-order valence-corrected chi connectivity index (χ1v) is 8.94. The van der Waals surface area contributed by atoms with Gasteiger partial charge >= 0.3 is 0 Å². The first-order valence-electron chi connectivity index (χ1n) is 7.96. The van der Waals surface area contributed by atoms with E-state index in [2.05, 4.69) is 47.9 Å². The Kier molecular flexibility index (Phi) is 4.69. The van der Waals surface area contributed by atoms with Crippen molar-refractivity contribution in [2.24, 2.45) is 0 Å². The molecule has 0 aromatic heterocycles. The summed E-state index contributed by atoms with van der Waals surface area (Å²) in [7, 11) is 0. The van der Waals surface area contributed by atoms with E-state index in [4.69, 9.17) is 0 Å². The Balaban J connectivity index is 1.54. The number of fused-ring (bicyclic) bond motifs is 1. The van der Waals surface area contributed by atoms with Crippen molar-refractivity contribution in [1.29, 1.82) is 0 Å². The number of rotatable bonds is 4. The molecule has 1 aromatic rings. The van der Waals surface area contributed by atoms with Crippen LogP contribution in [0, 0.1) is 0 Å². The molecule has 0 spiro atoms. The molecule has 110 valence electrons. The summed E-state index contributed by atoms with van der Waals surface area (Å²) in [6, 6.07) is 9.72. The zero-order chi connectivity index (χ0) is 13.9. The molecule has 2 aliphatic heterocycles. The molecule has 0 amide bonds. The van der Waals surface area contributed by atoms with Crippen LogP contribution in [0.3, 0.4) is 0 Å². The molecule has 2 atom stereocenters. The molecule has 2 nitrogen and oxygen atoms in total. The van der Waals surface area contributed by atoms with E-state index in [-0.39, 0.29) is 0 Å². The molecule has 1 saturated heterocycles. The smallest absolute Gasteiger partial charge is 0.0113 e. The second-order valence-corrected chi connectivity index (χ2v) is 7.20. The molecule has 3 heteroatoms. The summed E-state index contributed by atoms with van der Waals surface area (Å²) in [5.74, 6) is 2.01. The molecule has 2 heterocycles. The molecule has 1 fully saturated rings. The monoisotopic (exact) mass is 290 g/mol. The van der Waals surface area contributed by atoms with Gasteiger partial charge in [0.05, 0.1) is 0 Å². The number of hydrogen-bond acceptors (Lipinski definition) is 3. The molecule has 0 saturated carbocycles. The van der Waals surface area contributed by atoms with Crippen LogP contribution in [0.2, 0.25) is 0 Å². The highest BCUT2D eigenvalue weighted by atomic mass is 32.2. The summed E-state index contributed by atoms with van der Waals surface area (Å²) >= 11 is 2.04. The van der Waals surface area contributed by atoms with Crippen molar-refractivity contribution in [2.75, 3.05) is 38.5 Å². The lowest BCUT2D eigenvalue weighted by Gasteiger charge is -2.38. The predicted molar refractivity (Wildman–Crippen MR) is 87.7 cm³/mol. The molecule has 0 bridgehead atoms. The Labute approximate surface area is 127 Å². The standard InChI is InChI=1S/C17H26N2S/c1-3-14(2)19-10-8-18(9-11-19)12-15-13-20-17-7-5-4-6-16(15)17/h4-7,14-15H,3,8-13H2,1-2H3. The van der Waals surface area contributed by atoms with Gasteiger partial charge in [-0.2, -0.15) is 0 Å². The number of benzene rings is 1. The van der Waals surface area contributed by atoms with Gasteiger partial charge in [0.2, 0.25) is 0 Å². The lowest BCUT2D eigenvalue weighted by atomic mass is 10.0. The van der Waals surface area contributed by atoms with Crippen molar-refractivity contribution in [1.82, 2.24) is 9.80 Å². The minimum atomic E-state index is 0.742. The van der Waals surface area contributed by atoms with Crippen LogP contribution < -0.4 is 0 Å². The SMILES string of the molecule is CCC(C)N1CCN(CC2CSc3ccccc32)CC1. The topological polar surface area (TPSA) is 6.48 Å². The van der Waals surface area contributed by atoms with Gasteiger partial charge in [-0.15, -0.1) is 11.8 Å². The zero-order valence-electron chi connectivity index (χ0n) is 12.7. The summed E-state index contributed by atoms with van der Waals surface area (Å²) in [6.07, 6.45) is 1.27. The third-order valence-corrected chi connectivity index (χ3v) is 6.15. The van der Waals surface area contributed by atoms with Crippen LogP contribution in [0.25, 0.3) is 0 Å². The van der Waals surface area contributed by atoms with Crippen LogP contribution in [0.5, 0.6) is 0 Å². The summed E-state index contributed by atoms with van der Waals surface area (Å²) in [6.45, 7) is 10.9. The Morgan fingerprint density at radius 1 is 1.20 bits per heavy atom. The molecule has 0 N–H and O–H groups in total. The molecule has 3 rings (SSSR count). The van der Waals surface area contributed by atoms with Crippen LogP contribution in [0.15, 0.2) is 29.2 Å². The maximum absolute atomic E-state index is 2.67. The average Bonchev–Trinajstić information content (AvgIpc) is 2.91. The molecule has 2 aliphatic rings. The van der Waals surface area contributed by atoms with Gasteiger partial charge in [-0.05, 0) is 25.0 Å². The normalized spacial score (nSPS) is 25.6. The molecule has 20 heavy (non-hydrogen) atoms. The first-order chi connectivity index (χ1) is 9.78. The van der Waals surface area contributed by atoms with Crippen LogP contribution in [-0.2, 0) is 0 Å². The van der Waals surface area contributed by atoms with Crippen LogP contribution in [0.1, 0.15) is 31.7 Å². The van der Waals surface area contributed by atoms with E-state index in [9.17, 15) is 0 Å². The van der Waals surface area contributed by atoms with Crippen molar-refractivity contribution in [2.45, 2.75) is 37.1 Å². The van der Waals surface area contributed by atoms with Gasteiger partial charge in [0.1, 0.15) is 0 Å². The Morgan fingerprint density at radius 3 is 2.70 bits per heavy atom. The molecule has 0 radical (unpaired) electrons. The Hall–Kier alpha value is -0.510. The van der Waals surface area contributed by atoms with Crippen molar-refractivity contribution < 1.29 is 0 Å². The lowest BCUT2D eigenvalue weighted by molar-refractivity contribution is 0.0978. The van der Waals surface area contributed by atoms with Gasteiger partial charge in [0.15, 0.2) is 0 Å². The second kappa shape index (κ2) is 6.50. The largest absolute Gasteiger partial charge is 0.300 e. The fraction of sp³-hybridized carbons (Fsp3) is 0.647. The maximum Gasteiger partial charge on any atom is 0.0113 e. The van der Waals surface area contributed by atoms with E-state index in [0.29, 0.717) is 0 Å². The summed E-state index contributed by atoms with van der Waals surface area (Å²) in [5, 5.41) is 0. The predicted octanol–water partition coefficient (Wildman–Crippen LogP) is 3.29. The maximum atomic E-state index is 2.67. The van der Waals surface area contributed by atoms with Crippen molar-refractivity contribution >= 4 is 11.8 Å². The van der Waals surface area contributed by atoms with E-state index < -0.39 is 0 Å². The first kappa shape index (κ1) is 14.4. The number of nitrogens with zero attached hydrogens (tertiary/aromatic N) is 2. The number of hydrogen-bond donors (Lipinski definition) is 0. The van der Waals surface area contributed by atoms with Crippen molar-refractivity contribution in [3.05, 3.63) is 29.8 Å². The second-order valence-electron chi connectivity index (χ2n) is 6.14. The van der Waals surface area contributed by atoms with Crippen LogP contribution in [0.4, 0.5) is 0 Å². The minimum absolute atomic E-state index is 0.742. The van der Waals surface area contributed by atoms with Gasteiger partial charge in [0.25, 0.3) is 0 Å². The van der Waals surface area contributed by atoms with Gasteiger partial charge < -0.3 is 4.90 Å². The molecular formula is C17H26N2S. The lowest BCUT2D eigenvalue weighted by Crippen LogP contribution is -2.50. The van der Waals surface area contributed by atoms with Gasteiger partial charge in [-0.3, -0.25) is 4.90 Å². The highest BCUT2D eigenvalue weighted by Crippen LogP contribution is 2.39. The molecule has 2 unspecified atom stereocenters. The highest BCUT2D eigenvalue weighted by Gasteiger charge is 2.27. The van der Waals surface area contributed by atoms with E-state index in [1.165, 1.54) is 49.8 Å². The van der Waals surface area contributed by atoms with E-state index in [1.54, 1.807) is 5.56 Å². The van der Waals surface area contributed by atoms with Crippen molar-refractivity contribution in [3.63, 3.8) is 0 Å². The summed E-state index contributed by atoms with van der Waals surface area (Å²) in [5.41, 5.74) is 1.59. The minimum Gasteiger partial charge on any atom is -0.300 e. The Bertz CT molecular complexity index is 440.